The number of urea groups is 1. The van der Waals surface area contributed by atoms with E-state index < -0.39 is 6.04 Å². The van der Waals surface area contributed by atoms with Crippen LogP contribution >= 0.6 is 15.9 Å². The van der Waals surface area contributed by atoms with Gasteiger partial charge in [-0.05, 0) is 39.2 Å². The third kappa shape index (κ3) is 4.84. The molecule has 0 saturated carbocycles. The van der Waals surface area contributed by atoms with E-state index in [2.05, 4.69) is 21.2 Å². The maximum Gasteiger partial charge on any atom is 0.338 e. The van der Waals surface area contributed by atoms with E-state index in [1.165, 1.54) is 0 Å². The van der Waals surface area contributed by atoms with Gasteiger partial charge in [-0.25, -0.2) is 9.59 Å². The predicted octanol–water partition coefficient (Wildman–Crippen LogP) is 4.15. The molecule has 0 spiro atoms. The Labute approximate surface area is 157 Å². The Balaban J connectivity index is 2.39. The summed E-state index contributed by atoms with van der Waals surface area (Å²) in [5.41, 5.74) is 2.03. The summed E-state index contributed by atoms with van der Waals surface area (Å²) in [6, 6.07) is 8.83. The maximum atomic E-state index is 12.7. The Morgan fingerprint density at radius 1 is 1.28 bits per heavy atom. The Hall–Kier alpha value is -1.82. The molecule has 0 fully saturated rings. The smallest absolute Gasteiger partial charge is 0.338 e. The van der Waals surface area contributed by atoms with Gasteiger partial charge in [0.15, 0.2) is 0 Å². The van der Waals surface area contributed by atoms with Crippen LogP contribution in [0.5, 0.6) is 0 Å². The molecule has 0 bridgehead atoms. The zero-order valence-corrected chi connectivity index (χ0v) is 16.5. The van der Waals surface area contributed by atoms with Gasteiger partial charge in [-0.1, -0.05) is 46.3 Å². The Morgan fingerprint density at radius 3 is 2.56 bits per heavy atom. The molecule has 6 heteroatoms. The highest BCUT2D eigenvalue weighted by Gasteiger charge is 2.36. The normalized spacial score (nSPS) is 17.7. The van der Waals surface area contributed by atoms with Crippen molar-refractivity contribution in [1.82, 2.24) is 10.2 Å². The molecule has 25 heavy (non-hydrogen) atoms. The first-order valence-corrected chi connectivity index (χ1v) is 9.68. The van der Waals surface area contributed by atoms with E-state index in [9.17, 15) is 9.59 Å². The summed E-state index contributed by atoms with van der Waals surface area (Å²) in [6.07, 6.45) is 1.60. The lowest BCUT2D eigenvalue weighted by molar-refractivity contribution is -0.143. The van der Waals surface area contributed by atoms with Crippen LogP contribution in [0.4, 0.5) is 4.79 Å². The lowest BCUT2D eigenvalue weighted by Crippen LogP contribution is -2.48. The van der Waals surface area contributed by atoms with Crippen LogP contribution in [0.3, 0.4) is 0 Å². The van der Waals surface area contributed by atoms with Crippen LogP contribution in [0.1, 0.15) is 45.2 Å². The summed E-state index contributed by atoms with van der Waals surface area (Å²) in [4.78, 5) is 26.9. The Morgan fingerprint density at radius 2 is 1.96 bits per heavy atom. The second kappa shape index (κ2) is 9.04. The van der Waals surface area contributed by atoms with E-state index in [1.807, 2.05) is 51.1 Å². The van der Waals surface area contributed by atoms with Crippen LogP contribution < -0.4 is 5.32 Å². The fourth-order valence-electron chi connectivity index (χ4n) is 2.85. The van der Waals surface area contributed by atoms with Gasteiger partial charge in [-0.15, -0.1) is 0 Å². The van der Waals surface area contributed by atoms with E-state index in [-0.39, 0.29) is 18.1 Å². The van der Waals surface area contributed by atoms with Crippen molar-refractivity contribution in [2.75, 3.05) is 11.9 Å². The maximum absolute atomic E-state index is 12.7. The van der Waals surface area contributed by atoms with Crippen molar-refractivity contribution >= 4 is 27.9 Å². The number of esters is 1. The largest absolute Gasteiger partial charge is 0.459 e. The van der Waals surface area contributed by atoms with Crippen LogP contribution in [0.15, 0.2) is 41.6 Å². The predicted molar refractivity (Wildman–Crippen MR) is 101 cm³/mol. The Bertz CT molecular complexity index is 643. The van der Waals surface area contributed by atoms with Gasteiger partial charge in [0.2, 0.25) is 0 Å². The number of carbonyl (C=O) groups excluding carboxylic acids is 2. The number of alkyl halides is 1. The van der Waals surface area contributed by atoms with E-state index in [0.29, 0.717) is 17.8 Å². The van der Waals surface area contributed by atoms with Crippen LogP contribution in [0.2, 0.25) is 0 Å². The quantitative estimate of drug-likeness (QED) is 0.418. The van der Waals surface area contributed by atoms with Gasteiger partial charge >= 0.3 is 12.0 Å². The van der Waals surface area contributed by atoms with Gasteiger partial charge in [0.05, 0.1) is 17.7 Å². The van der Waals surface area contributed by atoms with Crippen LogP contribution in [0.25, 0.3) is 0 Å². The number of unbranched alkanes of at least 4 members (excludes halogenated alkanes) is 1. The fourth-order valence-corrected chi connectivity index (χ4v) is 3.25. The molecule has 1 atom stereocenters. The SMILES string of the molecule is CC1=C(C(=O)OC(C)C)C(c2ccccc2)NC(=O)N1CCCCBr. The number of hydrogen-bond acceptors (Lipinski definition) is 3. The zero-order chi connectivity index (χ0) is 18.4. The third-order valence-corrected chi connectivity index (χ3v) is 4.62. The fraction of sp³-hybridized carbons (Fsp3) is 0.474. The molecule has 1 N–H and O–H groups in total. The number of benzene rings is 1. The highest BCUT2D eigenvalue weighted by Crippen LogP contribution is 2.31. The zero-order valence-electron chi connectivity index (χ0n) is 14.9. The van der Waals surface area contributed by atoms with Gasteiger partial charge in [0.25, 0.3) is 0 Å². The molecular formula is C19H25BrN2O3. The number of amides is 2. The van der Waals surface area contributed by atoms with Crippen LogP contribution in [-0.4, -0.2) is 34.9 Å². The molecule has 136 valence electrons. The van der Waals surface area contributed by atoms with Gasteiger partial charge in [0, 0.05) is 17.6 Å². The van der Waals surface area contributed by atoms with Gasteiger partial charge in [0.1, 0.15) is 0 Å². The molecule has 0 aliphatic carbocycles. The first-order valence-electron chi connectivity index (χ1n) is 8.56. The van der Waals surface area contributed by atoms with Gasteiger partial charge in [-0.2, -0.15) is 0 Å². The number of allylic oxidation sites excluding steroid dienone is 1. The lowest BCUT2D eigenvalue weighted by atomic mass is 9.95. The highest BCUT2D eigenvalue weighted by molar-refractivity contribution is 9.09. The Kier molecular flexibility index (Phi) is 7.05. The number of nitrogens with zero attached hydrogens (tertiary/aromatic N) is 1. The second-order valence-electron chi connectivity index (χ2n) is 6.29. The molecule has 0 aromatic heterocycles. The van der Waals surface area contributed by atoms with Crippen molar-refractivity contribution in [2.24, 2.45) is 0 Å². The first-order chi connectivity index (χ1) is 12.0. The molecule has 1 unspecified atom stereocenters. The molecule has 1 aliphatic heterocycles. The molecule has 0 radical (unpaired) electrons. The number of ether oxygens (including phenoxy) is 1. The van der Waals surface area contributed by atoms with Crippen molar-refractivity contribution in [3.63, 3.8) is 0 Å². The van der Waals surface area contributed by atoms with Crippen molar-refractivity contribution in [3.05, 3.63) is 47.2 Å². The van der Waals surface area contributed by atoms with Crippen molar-refractivity contribution in [2.45, 2.75) is 45.8 Å². The summed E-state index contributed by atoms with van der Waals surface area (Å²) < 4.78 is 5.44. The molecule has 1 heterocycles. The minimum atomic E-state index is -0.493. The molecule has 1 aromatic carbocycles. The molecule has 2 rings (SSSR count). The monoisotopic (exact) mass is 408 g/mol. The topological polar surface area (TPSA) is 58.6 Å². The minimum absolute atomic E-state index is 0.179. The molecule has 5 nitrogen and oxygen atoms in total. The molecular weight excluding hydrogens is 384 g/mol. The second-order valence-corrected chi connectivity index (χ2v) is 7.09. The molecule has 2 amide bonds. The van der Waals surface area contributed by atoms with Crippen LogP contribution in [-0.2, 0) is 9.53 Å². The van der Waals surface area contributed by atoms with Crippen molar-refractivity contribution < 1.29 is 14.3 Å². The van der Waals surface area contributed by atoms with Gasteiger partial charge < -0.3 is 10.1 Å². The average Bonchev–Trinajstić information content (AvgIpc) is 2.57. The summed E-state index contributed by atoms with van der Waals surface area (Å²) in [7, 11) is 0. The van der Waals surface area contributed by atoms with E-state index in [0.717, 1.165) is 23.7 Å². The van der Waals surface area contributed by atoms with Crippen molar-refractivity contribution in [1.29, 1.82) is 0 Å². The molecule has 1 aromatic rings. The summed E-state index contributed by atoms with van der Waals surface area (Å²) in [5, 5.41) is 3.85. The first kappa shape index (κ1) is 19.5. The van der Waals surface area contributed by atoms with E-state index in [1.54, 1.807) is 4.90 Å². The number of carbonyl (C=O) groups is 2. The lowest BCUT2D eigenvalue weighted by Gasteiger charge is -2.35. The minimum Gasteiger partial charge on any atom is -0.459 e. The standard InChI is InChI=1S/C19H25BrN2O3/c1-13(2)25-18(23)16-14(3)22(12-8-7-11-20)19(24)21-17(16)15-9-5-4-6-10-15/h4-6,9-10,13,17H,7-8,11-12H2,1-3H3,(H,21,24). The third-order valence-electron chi connectivity index (χ3n) is 4.06. The number of halogens is 1. The van der Waals surface area contributed by atoms with Crippen molar-refractivity contribution in [3.8, 4) is 0 Å². The molecule has 1 aliphatic rings. The van der Waals surface area contributed by atoms with Gasteiger partial charge in [-0.3, -0.25) is 4.90 Å². The summed E-state index contributed by atoms with van der Waals surface area (Å²) in [5.74, 6) is -0.383. The van der Waals surface area contributed by atoms with E-state index in [4.69, 9.17) is 4.74 Å². The molecule has 0 saturated heterocycles. The number of nitrogens with one attached hydrogen (secondary N) is 1. The van der Waals surface area contributed by atoms with Crippen LogP contribution in [0, 0.1) is 0 Å². The summed E-state index contributed by atoms with van der Waals surface area (Å²) >= 11 is 3.40. The summed E-state index contributed by atoms with van der Waals surface area (Å²) in [6.45, 7) is 6.03. The average molecular weight is 409 g/mol. The van der Waals surface area contributed by atoms with E-state index >= 15 is 0 Å². The number of hydrogen-bond donors (Lipinski definition) is 1. The number of rotatable bonds is 7. The highest BCUT2D eigenvalue weighted by atomic mass is 79.9.